The van der Waals surface area contributed by atoms with E-state index >= 15 is 0 Å². The van der Waals surface area contributed by atoms with Crippen LogP contribution >= 0.6 is 27.5 Å². The van der Waals surface area contributed by atoms with Crippen LogP contribution in [0, 0.1) is 0 Å². The number of benzene rings is 1. The average Bonchev–Trinajstić information content (AvgIpc) is 2.14. The number of carboxylic acid groups (broad SMARTS) is 1. The van der Waals surface area contributed by atoms with E-state index in [0.29, 0.717) is 17.3 Å². The molecule has 0 unspecified atom stereocenters. The van der Waals surface area contributed by atoms with E-state index in [4.69, 9.17) is 16.7 Å². The Hall–Kier alpha value is -1.00. The molecular weight excluding hydrogens is 281 g/mol. The quantitative estimate of drug-likeness (QED) is 0.894. The molecule has 1 aromatic rings. The largest absolute Gasteiger partial charge is 0.478 e. The fourth-order valence-corrected chi connectivity index (χ4v) is 1.35. The lowest BCUT2D eigenvalue weighted by atomic mass is 10.2. The highest BCUT2D eigenvalue weighted by Gasteiger charge is 2.09. The molecule has 3 nitrogen and oxygen atoms in total. The van der Waals surface area contributed by atoms with E-state index in [1.54, 1.807) is 12.1 Å². The zero-order chi connectivity index (χ0) is 11.4. The van der Waals surface area contributed by atoms with Gasteiger partial charge in [0.05, 0.1) is 11.3 Å². The second-order valence-corrected chi connectivity index (χ2v) is 4.42. The zero-order valence-electron chi connectivity index (χ0n) is 7.76. The summed E-state index contributed by atoms with van der Waals surface area (Å²) >= 11 is 8.94. The van der Waals surface area contributed by atoms with Gasteiger partial charge in [0, 0.05) is 16.0 Å². The summed E-state index contributed by atoms with van der Waals surface area (Å²) in [6, 6.07) is 4.57. The van der Waals surface area contributed by atoms with Crippen LogP contribution in [0.1, 0.15) is 10.4 Å². The molecule has 0 heterocycles. The van der Waals surface area contributed by atoms with Crippen LogP contribution < -0.4 is 5.32 Å². The molecule has 0 radical (unpaired) electrons. The third kappa shape index (κ3) is 3.57. The fourth-order valence-electron chi connectivity index (χ4n) is 1.04. The number of halogens is 2. The molecule has 0 saturated heterocycles. The summed E-state index contributed by atoms with van der Waals surface area (Å²) in [7, 11) is 0. The maximum Gasteiger partial charge on any atom is 0.337 e. The lowest BCUT2D eigenvalue weighted by molar-refractivity contribution is 0.0698. The molecule has 2 N–H and O–H groups in total. The Morgan fingerprint density at radius 1 is 1.60 bits per heavy atom. The van der Waals surface area contributed by atoms with Crippen LogP contribution in [-0.2, 0) is 0 Å². The van der Waals surface area contributed by atoms with Gasteiger partial charge in [-0.05, 0) is 18.2 Å². The van der Waals surface area contributed by atoms with Crippen molar-refractivity contribution >= 4 is 39.2 Å². The molecule has 0 bridgehead atoms. The van der Waals surface area contributed by atoms with Gasteiger partial charge in [-0.15, -0.1) is 0 Å². The van der Waals surface area contributed by atoms with Crippen molar-refractivity contribution in [1.82, 2.24) is 0 Å². The molecule has 15 heavy (non-hydrogen) atoms. The highest BCUT2D eigenvalue weighted by Crippen LogP contribution is 2.21. The third-order valence-electron chi connectivity index (χ3n) is 1.68. The lowest BCUT2D eigenvalue weighted by Crippen LogP contribution is -2.07. The van der Waals surface area contributed by atoms with Gasteiger partial charge < -0.3 is 10.4 Å². The summed E-state index contributed by atoms with van der Waals surface area (Å²) in [5.41, 5.74) is 0.670. The minimum absolute atomic E-state index is 0.188. The number of carboxylic acids is 1. The van der Waals surface area contributed by atoms with Gasteiger partial charge >= 0.3 is 5.97 Å². The van der Waals surface area contributed by atoms with Crippen molar-refractivity contribution < 1.29 is 9.90 Å². The molecule has 5 heteroatoms. The molecule has 1 rings (SSSR count). The van der Waals surface area contributed by atoms with Crippen molar-refractivity contribution in [2.24, 2.45) is 0 Å². The third-order valence-corrected chi connectivity index (χ3v) is 2.20. The predicted octanol–water partition coefficient (Wildman–Crippen LogP) is 3.36. The Labute approximate surface area is 101 Å². The SMILES string of the molecule is C=C(Br)CNc1cc(Cl)ccc1C(=O)O. The van der Waals surface area contributed by atoms with Crippen molar-refractivity contribution in [3.63, 3.8) is 0 Å². The Morgan fingerprint density at radius 2 is 2.27 bits per heavy atom. The fraction of sp³-hybridized carbons (Fsp3) is 0.100. The van der Waals surface area contributed by atoms with E-state index in [-0.39, 0.29) is 5.56 Å². The first-order valence-corrected chi connectivity index (χ1v) is 5.28. The first kappa shape index (κ1) is 12.1. The minimum Gasteiger partial charge on any atom is -0.478 e. The molecule has 0 fully saturated rings. The van der Waals surface area contributed by atoms with Crippen LogP contribution in [0.5, 0.6) is 0 Å². The molecule has 0 aromatic heterocycles. The highest BCUT2D eigenvalue weighted by molar-refractivity contribution is 9.11. The Balaban J connectivity index is 2.96. The normalized spacial score (nSPS) is 9.73. The van der Waals surface area contributed by atoms with E-state index in [9.17, 15) is 4.79 Å². The Bertz CT molecular complexity index is 406. The molecule has 0 aliphatic heterocycles. The first-order chi connectivity index (χ1) is 7.00. The minimum atomic E-state index is -0.991. The van der Waals surface area contributed by atoms with Crippen LogP contribution in [0.2, 0.25) is 5.02 Å². The number of carbonyl (C=O) groups is 1. The van der Waals surface area contributed by atoms with Crippen LogP contribution in [0.4, 0.5) is 5.69 Å². The van der Waals surface area contributed by atoms with Crippen LogP contribution in [0.15, 0.2) is 29.3 Å². The summed E-state index contributed by atoms with van der Waals surface area (Å²) < 4.78 is 0.735. The summed E-state index contributed by atoms with van der Waals surface area (Å²) in [5.74, 6) is -0.991. The van der Waals surface area contributed by atoms with E-state index < -0.39 is 5.97 Å². The van der Waals surface area contributed by atoms with Crippen molar-refractivity contribution in [3.05, 3.63) is 39.8 Å². The van der Waals surface area contributed by atoms with Gasteiger partial charge in [0.15, 0.2) is 0 Å². The van der Waals surface area contributed by atoms with Crippen molar-refractivity contribution in [2.75, 3.05) is 11.9 Å². The summed E-state index contributed by atoms with van der Waals surface area (Å²) in [6.45, 7) is 4.09. The van der Waals surface area contributed by atoms with Gasteiger partial charge in [-0.1, -0.05) is 34.1 Å². The molecule has 80 valence electrons. The molecule has 0 spiro atoms. The van der Waals surface area contributed by atoms with Gasteiger partial charge in [-0.2, -0.15) is 0 Å². The monoisotopic (exact) mass is 289 g/mol. The number of anilines is 1. The van der Waals surface area contributed by atoms with Crippen molar-refractivity contribution in [1.29, 1.82) is 0 Å². The van der Waals surface area contributed by atoms with Crippen LogP contribution in [0.25, 0.3) is 0 Å². The summed E-state index contributed by atoms with van der Waals surface area (Å²) in [4.78, 5) is 10.9. The lowest BCUT2D eigenvalue weighted by Gasteiger charge is -2.09. The molecular formula is C10H9BrClNO2. The smallest absolute Gasteiger partial charge is 0.337 e. The van der Waals surface area contributed by atoms with E-state index in [0.717, 1.165) is 4.48 Å². The number of hydrogen-bond donors (Lipinski definition) is 2. The maximum atomic E-state index is 10.9. The second kappa shape index (κ2) is 5.19. The average molecular weight is 291 g/mol. The Kier molecular flexibility index (Phi) is 4.17. The topological polar surface area (TPSA) is 49.3 Å². The maximum absolute atomic E-state index is 10.9. The van der Waals surface area contributed by atoms with E-state index in [2.05, 4.69) is 27.8 Å². The van der Waals surface area contributed by atoms with Crippen molar-refractivity contribution in [3.8, 4) is 0 Å². The molecule has 0 aliphatic carbocycles. The van der Waals surface area contributed by atoms with Gasteiger partial charge in [-0.25, -0.2) is 4.79 Å². The number of nitrogens with one attached hydrogen (secondary N) is 1. The molecule has 0 saturated carbocycles. The van der Waals surface area contributed by atoms with Crippen LogP contribution in [0.3, 0.4) is 0 Å². The molecule has 0 amide bonds. The first-order valence-electron chi connectivity index (χ1n) is 4.10. The van der Waals surface area contributed by atoms with Gasteiger partial charge in [0.2, 0.25) is 0 Å². The standard InChI is InChI=1S/C10H9BrClNO2/c1-6(11)5-13-9-4-7(12)2-3-8(9)10(14)15/h2-4,13H,1,5H2,(H,14,15). The van der Waals surface area contributed by atoms with E-state index in [1.807, 2.05) is 0 Å². The van der Waals surface area contributed by atoms with Crippen molar-refractivity contribution in [2.45, 2.75) is 0 Å². The number of aromatic carboxylic acids is 1. The number of hydrogen-bond acceptors (Lipinski definition) is 2. The molecule has 0 aliphatic rings. The van der Waals surface area contributed by atoms with Crippen LogP contribution in [-0.4, -0.2) is 17.6 Å². The second-order valence-electron chi connectivity index (χ2n) is 2.87. The molecule has 1 aromatic carbocycles. The Morgan fingerprint density at radius 3 is 2.80 bits per heavy atom. The number of rotatable bonds is 4. The molecule has 0 atom stereocenters. The highest BCUT2D eigenvalue weighted by atomic mass is 79.9. The predicted molar refractivity (Wildman–Crippen MR) is 65.0 cm³/mol. The van der Waals surface area contributed by atoms with Gasteiger partial charge in [-0.3, -0.25) is 0 Å². The van der Waals surface area contributed by atoms with E-state index in [1.165, 1.54) is 6.07 Å². The zero-order valence-corrected chi connectivity index (χ0v) is 10.1. The van der Waals surface area contributed by atoms with Gasteiger partial charge in [0.25, 0.3) is 0 Å². The summed E-state index contributed by atoms with van der Waals surface area (Å²) in [5, 5.41) is 12.3. The van der Waals surface area contributed by atoms with Gasteiger partial charge in [0.1, 0.15) is 0 Å². The summed E-state index contributed by atoms with van der Waals surface area (Å²) in [6.07, 6.45) is 0.